The van der Waals surface area contributed by atoms with Gasteiger partial charge in [-0.3, -0.25) is 9.59 Å². The summed E-state index contributed by atoms with van der Waals surface area (Å²) in [5.74, 6) is 2.50. The van der Waals surface area contributed by atoms with Gasteiger partial charge in [0.15, 0.2) is 16.7 Å². The van der Waals surface area contributed by atoms with Gasteiger partial charge in [-0.2, -0.15) is 0 Å². The minimum absolute atomic E-state index is 0.126. The van der Waals surface area contributed by atoms with Crippen molar-refractivity contribution in [3.05, 3.63) is 57.4 Å². The molecule has 6 nitrogen and oxygen atoms in total. The highest BCUT2D eigenvalue weighted by atomic mass is 79.9. The molecule has 0 radical (unpaired) electrons. The number of methoxy groups -OCH3 is 1. The average Bonchev–Trinajstić information content (AvgIpc) is 3.18. The van der Waals surface area contributed by atoms with Crippen molar-refractivity contribution in [2.45, 2.75) is 38.5 Å². The molecule has 1 saturated heterocycles. The van der Waals surface area contributed by atoms with Crippen LogP contribution in [0.5, 0.6) is 11.5 Å². The Balaban J connectivity index is 1.22. The van der Waals surface area contributed by atoms with Crippen LogP contribution >= 0.6 is 27.7 Å². The molecule has 0 atom stereocenters. The normalized spacial score (nSPS) is 30.6. The van der Waals surface area contributed by atoms with Gasteiger partial charge in [-0.25, -0.2) is 4.99 Å². The number of rotatable bonds is 5. The molecule has 5 aliphatic rings. The Morgan fingerprint density at radius 3 is 2.42 bits per heavy atom. The summed E-state index contributed by atoms with van der Waals surface area (Å²) in [6.45, 7) is 0. The van der Waals surface area contributed by atoms with E-state index in [1.807, 2.05) is 36.4 Å². The van der Waals surface area contributed by atoms with Gasteiger partial charge in [0.05, 0.1) is 27.6 Å². The second kappa shape index (κ2) is 9.38. The van der Waals surface area contributed by atoms with E-state index in [0.717, 1.165) is 30.5 Å². The minimum atomic E-state index is -0.354. The molecule has 186 valence electrons. The van der Waals surface area contributed by atoms with Crippen LogP contribution in [-0.2, 0) is 9.59 Å². The first-order valence-corrected chi connectivity index (χ1v) is 14.0. The first-order valence-electron chi connectivity index (χ1n) is 12.4. The number of carbonyl (C=O) groups is 2. The van der Waals surface area contributed by atoms with Crippen molar-refractivity contribution in [3.8, 4) is 11.5 Å². The molecule has 5 fully saturated rings. The van der Waals surface area contributed by atoms with E-state index in [4.69, 9.17) is 9.47 Å². The number of hydrogen-bond donors (Lipinski definition) is 1. The van der Waals surface area contributed by atoms with Gasteiger partial charge in [0.2, 0.25) is 0 Å². The number of carbonyl (C=O) groups excluding carboxylic acids is 2. The molecule has 1 N–H and O–H groups in total. The number of esters is 1. The maximum Gasteiger partial charge on any atom is 0.317 e. The molecule has 4 bridgehead atoms. The fourth-order valence-corrected chi connectivity index (χ4v) is 8.12. The van der Waals surface area contributed by atoms with Gasteiger partial charge < -0.3 is 14.8 Å². The largest absolute Gasteiger partial charge is 0.493 e. The van der Waals surface area contributed by atoms with Crippen LogP contribution in [-0.4, -0.2) is 24.2 Å². The fourth-order valence-electron chi connectivity index (χ4n) is 6.74. The van der Waals surface area contributed by atoms with E-state index in [9.17, 15) is 9.59 Å². The summed E-state index contributed by atoms with van der Waals surface area (Å²) in [5.41, 5.74) is 1.18. The number of ether oxygens (including phenoxy) is 2. The molecule has 4 saturated carbocycles. The maximum absolute atomic E-state index is 13.5. The fraction of sp³-hybridized carbons (Fsp3) is 0.393. The van der Waals surface area contributed by atoms with Crippen molar-refractivity contribution in [1.82, 2.24) is 5.32 Å². The molecule has 2 aromatic carbocycles. The zero-order valence-electron chi connectivity index (χ0n) is 20.0. The van der Waals surface area contributed by atoms with Gasteiger partial charge in [0.1, 0.15) is 0 Å². The van der Waals surface area contributed by atoms with Crippen molar-refractivity contribution in [3.63, 3.8) is 0 Å². The Hall–Kier alpha value is -2.58. The third kappa shape index (κ3) is 4.50. The lowest BCUT2D eigenvalue weighted by atomic mass is 9.49. The number of hydrogen-bond acceptors (Lipinski definition) is 6. The number of thioether (sulfide) groups is 1. The van der Waals surface area contributed by atoms with Gasteiger partial charge in [0.25, 0.3) is 5.91 Å². The maximum atomic E-state index is 13.5. The van der Waals surface area contributed by atoms with Crippen LogP contribution in [0.3, 0.4) is 0 Å². The van der Waals surface area contributed by atoms with E-state index in [1.54, 1.807) is 19.3 Å². The number of nitrogens with zero attached hydrogens (tertiary/aromatic N) is 1. The van der Waals surface area contributed by atoms with Crippen LogP contribution in [0.25, 0.3) is 6.08 Å². The number of halogens is 1. The number of benzene rings is 2. The molecule has 36 heavy (non-hydrogen) atoms. The molecule has 4 aliphatic carbocycles. The first kappa shape index (κ1) is 23.8. The van der Waals surface area contributed by atoms with E-state index in [2.05, 4.69) is 26.2 Å². The number of amides is 1. The van der Waals surface area contributed by atoms with Gasteiger partial charge in [-0.05, 0) is 120 Å². The Kier molecular flexibility index (Phi) is 6.20. The third-order valence-corrected chi connectivity index (χ3v) is 9.35. The smallest absolute Gasteiger partial charge is 0.317 e. The lowest BCUT2D eigenvalue weighted by Crippen LogP contribution is -2.51. The first-order chi connectivity index (χ1) is 17.4. The lowest BCUT2D eigenvalue weighted by Gasteiger charge is -2.55. The van der Waals surface area contributed by atoms with E-state index in [1.165, 1.54) is 31.0 Å². The molecular weight excluding hydrogens is 540 g/mol. The van der Waals surface area contributed by atoms with Crippen LogP contribution in [0.1, 0.15) is 44.1 Å². The third-order valence-electron chi connectivity index (χ3n) is 7.85. The highest BCUT2D eigenvalue weighted by molar-refractivity contribution is 9.10. The van der Waals surface area contributed by atoms with Crippen LogP contribution in [0.2, 0.25) is 0 Å². The summed E-state index contributed by atoms with van der Waals surface area (Å²) in [6, 6.07) is 13.1. The van der Waals surface area contributed by atoms with Crippen LogP contribution in [0.4, 0.5) is 5.69 Å². The van der Waals surface area contributed by atoms with Gasteiger partial charge in [0, 0.05) is 0 Å². The molecule has 8 heteroatoms. The molecule has 2 aromatic rings. The molecular formula is C28H27BrN2O4S. The Bertz CT molecular complexity index is 1250. The van der Waals surface area contributed by atoms with Crippen molar-refractivity contribution in [1.29, 1.82) is 0 Å². The van der Waals surface area contributed by atoms with Gasteiger partial charge >= 0.3 is 5.97 Å². The zero-order valence-corrected chi connectivity index (χ0v) is 22.4. The van der Waals surface area contributed by atoms with Crippen molar-refractivity contribution < 1.29 is 19.1 Å². The van der Waals surface area contributed by atoms with E-state index in [-0.39, 0.29) is 17.3 Å². The molecule has 0 spiro atoms. The quantitative estimate of drug-likeness (QED) is 0.255. The Morgan fingerprint density at radius 2 is 1.78 bits per heavy atom. The SMILES string of the molecule is COc1cc(/C=C2\SC(=Nc3ccccc3)NC2=O)cc(Br)c1OC(=O)C12CC3CC(CC(C3)C1)C2. The summed E-state index contributed by atoms with van der Waals surface area (Å²) in [5, 5.41) is 3.34. The lowest BCUT2D eigenvalue weighted by molar-refractivity contribution is -0.161. The molecule has 0 aromatic heterocycles. The van der Waals surface area contributed by atoms with E-state index in [0.29, 0.717) is 43.8 Å². The summed E-state index contributed by atoms with van der Waals surface area (Å²) in [4.78, 5) is 31.1. The predicted molar refractivity (Wildman–Crippen MR) is 144 cm³/mol. The molecule has 1 heterocycles. The Labute approximate surface area is 223 Å². The average molecular weight is 568 g/mol. The van der Waals surface area contributed by atoms with Crippen molar-refractivity contribution in [2.24, 2.45) is 28.2 Å². The zero-order chi connectivity index (χ0) is 24.9. The number of para-hydroxylation sites is 1. The van der Waals surface area contributed by atoms with Crippen LogP contribution in [0, 0.1) is 23.2 Å². The summed E-state index contributed by atoms with van der Waals surface area (Å²) in [6.07, 6.45) is 8.43. The van der Waals surface area contributed by atoms with Crippen LogP contribution < -0.4 is 14.8 Å². The predicted octanol–water partition coefficient (Wildman–Crippen LogP) is 6.47. The van der Waals surface area contributed by atoms with Gasteiger partial charge in [-0.15, -0.1) is 0 Å². The van der Waals surface area contributed by atoms with Crippen molar-refractivity contribution in [2.75, 3.05) is 7.11 Å². The molecule has 1 amide bonds. The second-order valence-corrected chi connectivity index (χ2v) is 12.3. The van der Waals surface area contributed by atoms with E-state index < -0.39 is 0 Å². The minimum Gasteiger partial charge on any atom is -0.493 e. The highest BCUT2D eigenvalue weighted by Gasteiger charge is 2.55. The summed E-state index contributed by atoms with van der Waals surface area (Å²) in [7, 11) is 1.56. The summed E-state index contributed by atoms with van der Waals surface area (Å²) < 4.78 is 12.3. The monoisotopic (exact) mass is 566 g/mol. The molecule has 7 rings (SSSR count). The number of nitrogens with one attached hydrogen (secondary N) is 1. The summed E-state index contributed by atoms with van der Waals surface area (Å²) >= 11 is 4.86. The highest BCUT2D eigenvalue weighted by Crippen LogP contribution is 2.60. The van der Waals surface area contributed by atoms with Crippen molar-refractivity contribution >= 4 is 56.5 Å². The molecule has 1 aliphatic heterocycles. The van der Waals surface area contributed by atoms with E-state index >= 15 is 0 Å². The topological polar surface area (TPSA) is 77.0 Å². The van der Waals surface area contributed by atoms with Crippen LogP contribution in [0.15, 0.2) is 56.8 Å². The number of amidine groups is 1. The van der Waals surface area contributed by atoms with Gasteiger partial charge in [-0.1, -0.05) is 18.2 Å². The number of aliphatic imine (C=N–C) groups is 1. The standard InChI is InChI=1S/C28H27BrN2O4S/c1-34-22-11-16(12-23-25(32)31-27(36-23)30-20-5-3-2-4-6-20)10-21(29)24(22)35-26(33)28-13-17-7-18(14-28)9-19(8-17)15-28/h2-6,10-12,17-19H,7-9,13-15H2,1H3,(H,30,31,32)/b23-12-. The molecule has 0 unspecified atom stereocenters. The second-order valence-electron chi connectivity index (χ2n) is 10.4. The Morgan fingerprint density at radius 1 is 1.11 bits per heavy atom.